The Morgan fingerprint density at radius 1 is 1.43 bits per heavy atom. The van der Waals surface area contributed by atoms with Crippen molar-refractivity contribution in [3.05, 3.63) is 0 Å². The van der Waals surface area contributed by atoms with Gasteiger partial charge in [-0.1, -0.05) is 13.8 Å². The van der Waals surface area contributed by atoms with E-state index in [1.54, 1.807) is 0 Å². The highest BCUT2D eigenvalue weighted by atomic mass is 16.6. The molecule has 1 aliphatic carbocycles. The van der Waals surface area contributed by atoms with Gasteiger partial charge >= 0.3 is 5.97 Å². The Balaban J connectivity index is 2.08. The molecule has 0 amide bonds. The molecule has 3 heteroatoms. The number of carbonyl (C=O) groups is 1. The second-order valence-electron chi connectivity index (χ2n) is 5.54. The first kappa shape index (κ1) is 9.97. The van der Waals surface area contributed by atoms with Crippen molar-refractivity contribution in [1.29, 1.82) is 0 Å². The predicted molar refractivity (Wildman–Crippen MR) is 51.8 cm³/mol. The molecule has 2 fully saturated rings. The highest BCUT2D eigenvalue weighted by Crippen LogP contribution is 2.54. The molecule has 1 saturated carbocycles. The fraction of sp³-hybridized carbons (Fsp3) is 0.909. The molecule has 1 aliphatic heterocycles. The zero-order chi connectivity index (χ0) is 10.6. The summed E-state index contributed by atoms with van der Waals surface area (Å²) in [7, 11) is 0. The van der Waals surface area contributed by atoms with E-state index in [1.165, 1.54) is 6.92 Å². The molecule has 0 radical (unpaired) electrons. The second kappa shape index (κ2) is 2.72. The van der Waals surface area contributed by atoms with Gasteiger partial charge in [0.25, 0.3) is 0 Å². The zero-order valence-electron chi connectivity index (χ0n) is 9.29. The van der Waals surface area contributed by atoms with Crippen molar-refractivity contribution in [2.45, 2.75) is 58.3 Å². The molecular weight excluding hydrogens is 180 g/mol. The Morgan fingerprint density at radius 2 is 2.07 bits per heavy atom. The quantitative estimate of drug-likeness (QED) is 0.477. The minimum atomic E-state index is -0.203. The number of carbonyl (C=O) groups excluding carboxylic acids is 1. The largest absolute Gasteiger partial charge is 0.460 e. The minimum Gasteiger partial charge on any atom is -0.460 e. The average molecular weight is 198 g/mol. The molecule has 0 bridgehead atoms. The van der Waals surface area contributed by atoms with Gasteiger partial charge in [-0.25, -0.2) is 0 Å². The van der Waals surface area contributed by atoms with Crippen molar-refractivity contribution in [3.8, 4) is 0 Å². The summed E-state index contributed by atoms with van der Waals surface area (Å²) in [6, 6.07) is 0. The van der Waals surface area contributed by atoms with Crippen molar-refractivity contribution >= 4 is 5.97 Å². The summed E-state index contributed by atoms with van der Waals surface area (Å²) in [5.74, 6) is -0.203. The number of hydrogen-bond acceptors (Lipinski definition) is 3. The van der Waals surface area contributed by atoms with E-state index >= 15 is 0 Å². The maximum atomic E-state index is 10.9. The molecular formula is C11H18O3. The predicted octanol–water partition coefficient (Wildman–Crippen LogP) is 1.90. The lowest BCUT2D eigenvalue weighted by atomic mass is 9.71. The van der Waals surface area contributed by atoms with Crippen LogP contribution in [0.2, 0.25) is 0 Å². The number of ether oxygens (including phenoxy) is 2. The first-order chi connectivity index (χ1) is 6.32. The molecule has 0 N–H and O–H groups in total. The van der Waals surface area contributed by atoms with Crippen LogP contribution in [0.5, 0.6) is 0 Å². The molecule has 1 heterocycles. The van der Waals surface area contributed by atoms with Crippen molar-refractivity contribution in [2.75, 3.05) is 0 Å². The molecule has 0 aromatic carbocycles. The average Bonchev–Trinajstić information content (AvgIpc) is 2.56. The molecule has 2 rings (SSSR count). The maximum absolute atomic E-state index is 10.9. The van der Waals surface area contributed by atoms with Crippen LogP contribution in [0.4, 0.5) is 0 Å². The van der Waals surface area contributed by atoms with Crippen LogP contribution in [0.15, 0.2) is 0 Å². The van der Waals surface area contributed by atoms with Crippen LogP contribution in [-0.2, 0) is 14.3 Å². The van der Waals surface area contributed by atoms with Gasteiger partial charge in [-0.05, 0) is 25.2 Å². The van der Waals surface area contributed by atoms with Gasteiger partial charge in [-0.2, -0.15) is 0 Å². The summed E-state index contributed by atoms with van der Waals surface area (Å²) in [6.07, 6.45) is 2.07. The summed E-state index contributed by atoms with van der Waals surface area (Å²) >= 11 is 0. The van der Waals surface area contributed by atoms with E-state index in [0.29, 0.717) is 0 Å². The van der Waals surface area contributed by atoms with Crippen molar-refractivity contribution in [2.24, 2.45) is 5.41 Å². The van der Waals surface area contributed by atoms with Gasteiger partial charge in [-0.15, -0.1) is 0 Å². The Labute approximate surface area is 84.8 Å². The first-order valence-electron chi connectivity index (χ1n) is 5.17. The monoisotopic (exact) mass is 198 g/mol. The summed E-state index contributed by atoms with van der Waals surface area (Å²) in [5.41, 5.74) is 0.170. The van der Waals surface area contributed by atoms with Crippen LogP contribution in [0.1, 0.15) is 40.5 Å². The standard InChI is InChI=1S/C11H18O3/c1-7(12)13-8-5-10(2,3)6-11(4)9(8)14-11/h8-9H,5-6H2,1-4H3/t8-,9-,11+/m1/s1. The molecule has 80 valence electrons. The van der Waals surface area contributed by atoms with Gasteiger partial charge in [0, 0.05) is 6.92 Å². The third-order valence-electron chi connectivity index (χ3n) is 3.18. The number of epoxide rings is 1. The van der Waals surface area contributed by atoms with Gasteiger partial charge in [0.1, 0.15) is 12.2 Å². The van der Waals surface area contributed by atoms with Crippen LogP contribution in [0, 0.1) is 5.41 Å². The van der Waals surface area contributed by atoms with E-state index < -0.39 is 0 Å². The zero-order valence-corrected chi connectivity index (χ0v) is 9.29. The first-order valence-corrected chi connectivity index (χ1v) is 5.17. The molecule has 14 heavy (non-hydrogen) atoms. The number of esters is 1. The lowest BCUT2D eigenvalue weighted by molar-refractivity contribution is -0.149. The van der Waals surface area contributed by atoms with Crippen molar-refractivity contribution in [1.82, 2.24) is 0 Å². The lowest BCUT2D eigenvalue weighted by Crippen LogP contribution is -2.39. The fourth-order valence-electron chi connectivity index (χ4n) is 2.86. The molecule has 0 aromatic heterocycles. The van der Waals surface area contributed by atoms with E-state index in [0.717, 1.165) is 12.8 Å². The van der Waals surface area contributed by atoms with Crippen LogP contribution in [-0.4, -0.2) is 23.8 Å². The topological polar surface area (TPSA) is 38.8 Å². The van der Waals surface area contributed by atoms with E-state index in [9.17, 15) is 4.79 Å². The second-order valence-corrected chi connectivity index (χ2v) is 5.54. The molecule has 0 spiro atoms. The fourth-order valence-corrected chi connectivity index (χ4v) is 2.86. The summed E-state index contributed by atoms with van der Waals surface area (Å²) in [5, 5.41) is 0. The van der Waals surface area contributed by atoms with Gasteiger partial charge in [0.15, 0.2) is 0 Å². The van der Waals surface area contributed by atoms with Crippen molar-refractivity contribution in [3.63, 3.8) is 0 Å². The molecule has 3 nitrogen and oxygen atoms in total. The number of rotatable bonds is 1. The number of hydrogen-bond donors (Lipinski definition) is 0. The molecule has 1 saturated heterocycles. The maximum Gasteiger partial charge on any atom is 0.302 e. The van der Waals surface area contributed by atoms with Gasteiger partial charge < -0.3 is 9.47 Å². The highest BCUT2D eigenvalue weighted by Gasteiger charge is 2.63. The van der Waals surface area contributed by atoms with Gasteiger partial charge in [0.05, 0.1) is 5.60 Å². The Morgan fingerprint density at radius 3 is 2.64 bits per heavy atom. The molecule has 3 atom stereocenters. The number of fused-ring (bicyclic) bond motifs is 1. The summed E-state index contributed by atoms with van der Waals surface area (Å²) in [6.45, 7) is 7.97. The highest BCUT2D eigenvalue weighted by molar-refractivity contribution is 5.66. The third-order valence-corrected chi connectivity index (χ3v) is 3.18. The van der Waals surface area contributed by atoms with E-state index in [4.69, 9.17) is 9.47 Å². The van der Waals surface area contributed by atoms with E-state index in [2.05, 4.69) is 20.8 Å². The van der Waals surface area contributed by atoms with E-state index in [1.807, 2.05) is 0 Å². The van der Waals surface area contributed by atoms with Gasteiger partial charge in [-0.3, -0.25) is 4.79 Å². The summed E-state index contributed by atoms with van der Waals surface area (Å²) in [4.78, 5) is 10.9. The smallest absolute Gasteiger partial charge is 0.302 e. The molecule has 0 aromatic rings. The Bertz CT molecular complexity index is 269. The Kier molecular flexibility index (Phi) is 1.94. The normalized spacial score (nSPS) is 44.0. The van der Waals surface area contributed by atoms with Crippen molar-refractivity contribution < 1.29 is 14.3 Å². The van der Waals surface area contributed by atoms with Crippen LogP contribution in [0.25, 0.3) is 0 Å². The van der Waals surface area contributed by atoms with Crippen LogP contribution < -0.4 is 0 Å². The SMILES string of the molecule is CC(=O)O[C@@H]1CC(C)(C)C[C@]2(C)O[C@H]12. The molecule has 2 aliphatic rings. The summed E-state index contributed by atoms with van der Waals surface area (Å²) < 4.78 is 10.9. The minimum absolute atomic E-state index is 0.0398. The molecule has 0 unspecified atom stereocenters. The Hall–Kier alpha value is -0.570. The van der Waals surface area contributed by atoms with Gasteiger partial charge in [0.2, 0.25) is 0 Å². The van der Waals surface area contributed by atoms with Crippen LogP contribution in [0.3, 0.4) is 0 Å². The lowest BCUT2D eigenvalue weighted by Gasteiger charge is -2.34. The third kappa shape index (κ3) is 1.65. The van der Waals surface area contributed by atoms with Crippen LogP contribution >= 0.6 is 0 Å². The van der Waals surface area contributed by atoms with E-state index in [-0.39, 0.29) is 29.2 Å².